The molecule has 0 aliphatic heterocycles. The number of carbonyl (C=O) groups excluding carboxylic acids is 1. The number of nitrogens with one attached hydrogen (secondary N) is 1. The van der Waals surface area contributed by atoms with Gasteiger partial charge in [-0.15, -0.1) is 0 Å². The topological polar surface area (TPSA) is 54.9 Å². The Morgan fingerprint density at radius 1 is 0.964 bits per heavy atom. The molecule has 1 amide bonds. The Kier molecular flexibility index (Phi) is 4.85. The number of hydrogen-bond acceptors (Lipinski definition) is 3. The number of carbonyl (C=O) groups is 1. The lowest BCUT2D eigenvalue weighted by Gasteiger charge is -2.15. The first-order chi connectivity index (χ1) is 13.7. The summed E-state index contributed by atoms with van der Waals surface area (Å²) in [5.74, 6) is -0.145. The van der Waals surface area contributed by atoms with Gasteiger partial charge in [0, 0.05) is 29.0 Å². The monoisotopic (exact) mass is 367 g/mol. The Balaban J connectivity index is 1.86. The summed E-state index contributed by atoms with van der Waals surface area (Å²) in [6, 6.07) is 19.7. The van der Waals surface area contributed by atoms with Gasteiger partial charge in [-0.2, -0.15) is 0 Å². The highest BCUT2D eigenvalue weighted by atomic mass is 16.1. The largest absolute Gasteiger partial charge is 0.322 e. The maximum Gasteiger partial charge on any atom is 0.256 e. The van der Waals surface area contributed by atoms with Gasteiger partial charge in [-0.05, 0) is 42.7 Å². The Bertz CT molecular complexity index is 1140. The second-order valence-electron chi connectivity index (χ2n) is 6.72. The van der Waals surface area contributed by atoms with Gasteiger partial charge in [0.15, 0.2) is 0 Å². The van der Waals surface area contributed by atoms with Crippen molar-refractivity contribution in [2.24, 2.45) is 0 Å². The predicted molar refractivity (Wildman–Crippen MR) is 113 cm³/mol. The van der Waals surface area contributed by atoms with E-state index < -0.39 is 0 Å². The van der Waals surface area contributed by atoms with Crippen LogP contribution in [0, 0.1) is 6.92 Å². The summed E-state index contributed by atoms with van der Waals surface area (Å²) in [5, 5.41) is 3.83. The van der Waals surface area contributed by atoms with Gasteiger partial charge in [0.05, 0.1) is 16.8 Å². The smallest absolute Gasteiger partial charge is 0.256 e. The molecule has 4 aromatic rings. The van der Waals surface area contributed by atoms with Crippen LogP contribution in [0.15, 0.2) is 73.1 Å². The Morgan fingerprint density at radius 2 is 1.68 bits per heavy atom. The number of rotatable bonds is 4. The van der Waals surface area contributed by atoms with E-state index in [0.717, 1.165) is 34.1 Å². The maximum absolute atomic E-state index is 13.2. The van der Waals surface area contributed by atoms with Crippen molar-refractivity contribution in [3.05, 3.63) is 89.7 Å². The van der Waals surface area contributed by atoms with E-state index in [1.54, 1.807) is 24.5 Å². The van der Waals surface area contributed by atoms with Crippen LogP contribution in [-0.2, 0) is 6.42 Å². The van der Waals surface area contributed by atoms with Crippen LogP contribution in [-0.4, -0.2) is 15.9 Å². The van der Waals surface area contributed by atoms with Gasteiger partial charge in [0.25, 0.3) is 5.91 Å². The van der Waals surface area contributed by atoms with Crippen LogP contribution < -0.4 is 5.32 Å². The summed E-state index contributed by atoms with van der Waals surface area (Å²) in [7, 11) is 0. The van der Waals surface area contributed by atoms with Gasteiger partial charge in [0.1, 0.15) is 0 Å². The molecule has 2 heterocycles. The molecule has 1 N–H and O–H groups in total. The molecule has 4 nitrogen and oxygen atoms in total. The van der Waals surface area contributed by atoms with Crippen molar-refractivity contribution in [1.29, 1.82) is 0 Å². The number of hydrogen-bond donors (Lipinski definition) is 1. The Labute approximate surface area is 164 Å². The molecule has 138 valence electrons. The minimum Gasteiger partial charge on any atom is -0.322 e. The molecule has 2 aromatic heterocycles. The fraction of sp³-hybridized carbons (Fsp3) is 0.125. The molecule has 0 fully saturated rings. The summed E-state index contributed by atoms with van der Waals surface area (Å²) >= 11 is 0. The third-order valence-corrected chi connectivity index (χ3v) is 4.94. The minimum atomic E-state index is -0.145. The standard InChI is InChI=1S/C24H21N3O/c1-3-17-8-10-18(11-9-17)23-16(2)22(20-6-4-5-7-21(20)27-23)24(28)26-19-12-14-25-15-13-19/h4-15H,3H2,1-2H3,(H,25,26,28). The van der Waals surface area contributed by atoms with Crippen LogP contribution in [0.3, 0.4) is 0 Å². The number of aryl methyl sites for hydroxylation is 1. The number of pyridine rings is 2. The van der Waals surface area contributed by atoms with E-state index in [9.17, 15) is 4.79 Å². The molecule has 4 rings (SSSR count). The molecule has 0 aliphatic carbocycles. The van der Waals surface area contributed by atoms with Crippen molar-refractivity contribution < 1.29 is 4.79 Å². The first-order valence-corrected chi connectivity index (χ1v) is 9.37. The number of para-hydroxylation sites is 1. The molecule has 0 saturated carbocycles. The fourth-order valence-electron chi connectivity index (χ4n) is 3.41. The molecule has 0 atom stereocenters. The molecule has 0 bridgehead atoms. The minimum absolute atomic E-state index is 0.145. The van der Waals surface area contributed by atoms with Crippen LogP contribution in [0.4, 0.5) is 5.69 Å². The van der Waals surface area contributed by atoms with Gasteiger partial charge < -0.3 is 5.32 Å². The van der Waals surface area contributed by atoms with Crippen molar-refractivity contribution in [1.82, 2.24) is 9.97 Å². The van der Waals surface area contributed by atoms with E-state index in [1.165, 1.54) is 5.56 Å². The lowest BCUT2D eigenvalue weighted by Crippen LogP contribution is -2.15. The van der Waals surface area contributed by atoms with E-state index in [0.29, 0.717) is 11.3 Å². The fourth-order valence-corrected chi connectivity index (χ4v) is 3.41. The third kappa shape index (κ3) is 3.37. The predicted octanol–water partition coefficient (Wildman–Crippen LogP) is 5.42. The van der Waals surface area contributed by atoms with Gasteiger partial charge in [-0.1, -0.05) is 49.4 Å². The number of anilines is 1. The van der Waals surface area contributed by atoms with Crippen molar-refractivity contribution in [3.63, 3.8) is 0 Å². The molecule has 0 saturated heterocycles. The van der Waals surface area contributed by atoms with Crippen LogP contribution in [0.5, 0.6) is 0 Å². The molecule has 0 spiro atoms. The number of aromatic nitrogens is 2. The zero-order valence-corrected chi connectivity index (χ0v) is 15.9. The first-order valence-electron chi connectivity index (χ1n) is 9.37. The van der Waals surface area contributed by atoms with E-state index >= 15 is 0 Å². The highest BCUT2D eigenvalue weighted by molar-refractivity contribution is 6.14. The maximum atomic E-state index is 13.2. The number of fused-ring (bicyclic) bond motifs is 1. The normalized spacial score (nSPS) is 10.8. The number of nitrogens with zero attached hydrogens (tertiary/aromatic N) is 2. The van der Waals surface area contributed by atoms with Gasteiger partial charge in [0.2, 0.25) is 0 Å². The highest BCUT2D eigenvalue weighted by Gasteiger charge is 2.19. The van der Waals surface area contributed by atoms with E-state index in [1.807, 2.05) is 31.2 Å². The Morgan fingerprint density at radius 3 is 2.39 bits per heavy atom. The molecule has 0 unspecified atom stereocenters. The number of amides is 1. The van der Waals surface area contributed by atoms with E-state index in [-0.39, 0.29) is 5.91 Å². The molecule has 28 heavy (non-hydrogen) atoms. The van der Waals surface area contributed by atoms with Crippen molar-refractivity contribution in [2.45, 2.75) is 20.3 Å². The number of benzene rings is 2. The summed E-state index contributed by atoms with van der Waals surface area (Å²) in [6.07, 6.45) is 4.31. The molecule has 2 aromatic carbocycles. The molecular weight excluding hydrogens is 346 g/mol. The van der Waals surface area contributed by atoms with E-state index in [2.05, 4.69) is 41.5 Å². The average Bonchev–Trinajstić information content (AvgIpc) is 2.74. The Hall–Kier alpha value is -3.53. The van der Waals surface area contributed by atoms with Gasteiger partial charge in [-0.25, -0.2) is 4.98 Å². The lowest BCUT2D eigenvalue weighted by atomic mass is 9.96. The highest BCUT2D eigenvalue weighted by Crippen LogP contribution is 2.30. The van der Waals surface area contributed by atoms with Crippen LogP contribution >= 0.6 is 0 Å². The van der Waals surface area contributed by atoms with Gasteiger partial charge >= 0.3 is 0 Å². The third-order valence-electron chi connectivity index (χ3n) is 4.94. The van der Waals surface area contributed by atoms with Crippen molar-refractivity contribution in [3.8, 4) is 11.3 Å². The average molecular weight is 367 g/mol. The lowest BCUT2D eigenvalue weighted by molar-refractivity contribution is 0.102. The second kappa shape index (κ2) is 7.61. The second-order valence-corrected chi connectivity index (χ2v) is 6.72. The quantitative estimate of drug-likeness (QED) is 0.524. The molecule has 0 aliphatic rings. The molecule has 0 radical (unpaired) electrons. The zero-order chi connectivity index (χ0) is 19.5. The van der Waals surface area contributed by atoms with Crippen molar-refractivity contribution >= 4 is 22.5 Å². The van der Waals surface area contributed by atoms with Crippen LogP contribution in [0.2, 0.25) is 0 Å². The summed E-state index contributed by atoms with van der Waals surface area (Å²) in [5.41, 5.74) is 6.17. The molecule has 4 heteroatoms. The SMILES string of the molecule is CCc1ccc(-c2nc3ccccc3c(C(=O)Nc3ccncc3)c2C)cc1. The first kappa shape index (κ1) is 17.9. The summed E-state index contributed by atoms with van der Waals surface area (Å²) in [4.78, 5) is 22.0. The van der Waals surface area contributed by atoms with E-state index in [4.69, 9.17) is 4.98 Å². The van der Waals surface area contributed by atoms with Crippen LogP contribution in [0.25, 0.3) is 22.2 Å². The molecular formula is C24H21N3O. The van der Waals surface area contributed by atoms with Gasteiger partial charge in [-0.3, -0.25) is 9.78 Å². The van der Waals surface area contributed by atoms with Crippen molar-refractivity contribution in [2.75, 3.05) is 5.32 Å². The van der Waals surface area contributed by atoms with Crippen LogP contribution in [0.1, 0.15) is 28.4 Å². The zero-order valence-electron chi connectivity index (χ0n) is 15.9. The summed E-state index contributed by atoms with van der Waals surface area (Å²) in [6.45, 7) is 4.10. The summed E-state index contributed by atoms with van der Waals surface area (Å²) < 4.78 is 0.